The van der Waals surface area contributed by atoms with E-state index in [0.29, 0.717) is 24.0 Å². The number of benzene rings is 2. The summed E-state index contributed by atoms with van der Waals surface area (Å²) in [5, 5.41) is 9.40. The Bertz CT molecular complexity index is 721. The maximum atomic E-state index is 12.5. The van der Waals surface area contributed by atoms with Crippen LogP contribution in [-0.4, -0.2) is 42.2 Å². The first kappa shape index (κ1) is 18.1. The van der Waals surface area contributed by atoms with Crippen LogP contribution >= 0.6 is 0 Å². The highest BCUT2D eigenvalue weighted by atomic mass is 16.5. The Morgan fingerprint density at radius 2 is 1.65 bits per heavy atom. The van der Waals surface area contributed by atoms with Crippen LogP contribution in [0.4, 0.5) is 0 Å². The third-order valence-corrected chi connectivity index (χ3v) is 4.71. The second kappa shape index (κ2) is 8.61. The van der Waals surface area contributed by atoms with Crippen molar-refractivity contribution in [3.8, 4) is 17.2 Å². The number of phenolic OH excluding ortho intramolecular Hbond substituents is 1. The Labute approximate surface area is 154 Å². The van der Waals surface area contributed by atoms with Crippen LogP contribution in [0.3, 0.4) is 0 Å². The zero-order valence-corrected chi connectivity index (χ0v) is 15.1. The number of hydrogen-bond donors (Lipinski definition) is 1. The lowest BCUT2D eigenvalue weighted by molar-refractivity contribution is -0.134. The van der Waals surface area contributed by atoms with Crippen LogP contribution in [0.2, 0.25) is 0 Å². The summed E-state index contributed by atoms with van der Waals surface area (Å²) in [6.07, 6.45) is 1.85. The molecule has 1 aliphatic heterocycles. The largest absolute Gasteiger partial charge is 0.508 e. The average molecular weight is 355 g/mol. The van der Waals surface area contributed by atoms with E-state index in [-0.39, 0.29) is 18.3 Å². The van der Waals surface area contributed by atoms with Gasteiger partial charge in [-0.3, -0.25) is 4.79 Å². The number of rotatable bonds is 6. The van der Waals surface area contributed by atoms with Crippen molar-refractivity contribution in [1.82, 2.24) is 4.90 Å². The third kappa shape index (κ3) is 4.48. The van der Waals surface area contributed by atoms with E-state index >= 15 is 0 Å². The highest BCUT2D eigenvalue weighted by Gasteiger charge is 2.24. The molecule has 0 spiro atoms. The minimum absolute atomic E-state index is 0.000424. The Kier molecular flexibility index (Phi) is 6.00. The van der Waals surface area contributed by atoms with Crippen LogP contribution in [0.1, 0.15) is 31.2 Å². The van der Waals surface area contributed by atoms with Crippen molar-refractivity contribution < 1.29 is 19.4 Å². The summed E-state index contributed by atoms with van der Waals surface area (Å²) in [7, 11) is 0. The minimum atomic E-state index is 0.000424. The molecule has 2 aromatic rings. The molecule has 0 aliphatic carbocycles. The van der Waals surface area contributed by atoms with Crippen molar-refractivity contribution in [2.75, 3.05) is 26.3 Å². The van der Waals surface area contributed by atoms with Crippen LogP contribution in [0.5, 0.6) is 17.2 Å². The van der Waals surface area contributed by atoms with E-state index in [1.165, 1.54) is 5.56 Å². The van der Waals surface area contributed by atoms with E-state index in [0.717, 1.165) is 25.9 Å². The van der Waals surface area contributed by atoms with Crippen molar-refractivity contribution in [2.45, 2.75) is 25.7 Å². The topological polar surface area (TPSA) is 59.0 Å². The number of likely N-dealkylation sites (tertiary alicyclic amines) is 1. The molecule has 1 fully saturated rings. The number of phenols is 1. The average Bonchev–Trinajstić information content (AvgIpc) is 2.68. The molecule has 1 N–H and O–H groups in total. The van der Waals surface area contributed by atoms with Gasteiger partial charge in [0.2, 0.25) is 0 Å². The maximum Gasteiger partial charge on any atom is 0.260 e. The second-order valence-electron chi connectivity index (χ2n) is 6.42. The molecule has 1 amide bonds. The summed E-state index contributed by atoms with van der Waals surface area (Å²) in [4.78, 5) is 14.3. The summed E-state index contributed by atoms with van der Waals surface area (Å²) in [6, 6.07) is 14.8. The van der Waals surface area contributed by atoms with Crippen molar-refractivity contribution in [3.63, 3.8) is 0 Å². The van der Waals surface area contributed by atoms with Gasteiger partial charge in [0.25, 0.3) is 5.91 Å². The number of nitrogens with zero attached hydrogens (tertiary/aromatic N) is 1. The first-order chi connectivity index (χ1) is 12.7. The van der Waals surface area contributed by atoms with Gasteiger partial charge >= 0.3 is 0 Å². The number of aromatic hydroxyl groups is 1. The lowest BCUT2D eigenvalue weighted by Crippen LogP contribution is -2.40. The van der Waals surface area contributed by atoms with Crippen LogP contribution < -0.4 is 9.47 Å². The molecule has 0 saturated carbocycles. The van der Waals surface area contributed by atoms with Crippen molar-refractivity contribution in [1.29, 1.82) is 0 Å². The fourth-order valence-corrected chi connectivity index (χ4v) is 3.28. The Morgan fingerprint density at radius 1 is 1.04 bits per heavy atom. The highest BCUT2D eigenvalue weighted by molar-refractivity contribution is 5.78. The van der Waals surface area contributed by atoms with E-state index in [1.54, 1.807) is 12.1 Å². The van der Waals surface area contributed by atoms with Gasteiger partial charge in [-0.25, -0.2) is 0 Å². The third-order valence-electron chi connectivity index (χ3n) is 4.71. The van der Waals surface area contributed by atoms with Gasteiger partial charge in [-0.15, -0.1) is 0 Å². The van der Waals surface area contributed by atoms with Gasteiger partial charge in [0.1, 0.15) is 5.75 Å². The summed E-state index contributed by atoms with van der Waals surface area (Å²) >= 11 is 0. The van der Waals surface area contributed by atoms with Gasteiger partial charge in [0.15, 0.2) is 18.1 Å². The second-order valence-corrected chi connectivity index (χ2v) is 6.42. The molecule has 26 heavy (non-hydrogen) atoms. The maximum absolute atomic E-state index is 12.5. The summed E-state index contributed by atoms with van der Waals surface area (Å²) < 4.78 is 11.2. The lowest BCUT2D eigenvalue weighted by Gasteiger charge is -2.32. The number of amides is 1. The molecule has 0 bridgehead atoms. The molecule has 0 radical (unpaired) electrons. The molecule has 1 heterocycles. The minimum Gasteiger partial charge on any atom is -0.508 e. The van der Waals surface area contributed by atoms with E-state index in [2.05, 4.69) is 0 Å². The van der Waals surface area contributed by atoms with Crippen molar-refractivity contribution >= 4 is 5.91 Å². The Morgan fingerprint density at radius 3 is 2.27 bits per heavy atom. The standard InChI is InChI=1S/C21H25NO4/c1-2-25-19-5-3-4-6-20(19)26-15-21(24)22-13-11-17(12-14-22)16-7-9-18(23)10-8-16/h3-10,17,23H,2,11-15H2,1H3. The predicted molar refractivity (Wildman–Crippen MR) is 99.8 cm³/mol. The normalized spacial score (nSPS) is 14.9. The number of para-hydroxylation sites is 2. The first-order valence-electron chi connectivity index (χ1n) is 9.08. The summed E-state index contributed by atoms with van der Waals surface area (Å²) in [6.45, 7) is 3.94. The van der Waals surface area contributed by atoms with Gasteiger partial charge in [0, 0.05) is 13.1 Å². The summed E-state index contributed by atoms with van der Waals surface area (Å²) in [5.41, 5.74) is 1.22. The SMILES string of the molecule is CCOc1ccccc1OCC(=O)N1CCC(c2ccc(O)cc2)CC1. The van der Waals surface area contributed by atoms with E-state index in [1.807, 2.05) is 48.2 Å². The quantitative estimate of drug-likeness (QED) is 0.860. The number of piperidine rings is 1. The van der Waals surface area contributed by atoms with Crippen LogP contribution in [-0.2, 0) is 4.79 Å². The number of carbonyl (C=O) groups excluding carboxylic acids is 1. The number of ether oxygens (including phenoxy) is 2. The van der Waals surface area contributed by atoms with Gasteiger partial charge in [-0.1, -0.05) is 24.3 Å². The van der Waals surface area contributed by atoms with Crippen LogP contribution in [0.25, 0.3) is 0 Å². The van der Waals surface area contributed by atoms with Gasteiger partial charge < -0.3 is 19.5 Å². The van der Waals surface area contributed by atoms with Gasteiger partial charge in [0.05, 0.1) is 6.61 Å². The fraction of sp³-hybridized carbons (Fsp3) is 0.381. The molecule has 0 aromatic heterocycles. The zero-order valence-electron chi connectivity index (χ0n) is 15.1. The molecule has 2 aromatic carbocycles. The molecular formula is C21H25NO4. The lowest BCUT2D eigenvalue weighted by atomic mass is 9.89. The fourth-order valence-electron chi connectivity index (χ4n) is 3.28. The molecular weight excluding hydrogens is 330 g/mol. The molecule has 0 unspecified atom stereocenters. The number of carbonyl (C=O) groups is 1. The Balaban J connectivity index is 1.50. The molecule has 0 atom stereocenters. The monoisotopic (exact) mass is 355 g/mol. The molecule has 1 saturated heterocycles. The molecule has 5 heteroatoms. The molecule has 3 rings (SSSR count). The zero-order chi connectivity index (χ0) is 18.4. The van der Waals surface area contributed by atoms with Crippen molar-refractivity contribution in [3.05, 3.63) is 54.1 Å². The highest BCUT2D eigenvalue weighted by Crippen LogP contribution is 2.30. The van der Waals surface area contributed by atoms with E-state index < -0.39 is 0 Å². The van der Waals surface area contributed by atoms with Crippen LogP contribution in [0.15, 0.2) is 48.5 Å². The van der Waals surface area contributed by atoms with Gasteiger partial charge in [-0.05, 0) is 55.5 Å². The van der Waals surface area contributed by atoms with Gasteiger partial charge in [-0.2, -0.15) is 0 Å². The van der Waals surface area contributed by atoms with E-state index in [4.69, 9.17) is 9.47 Å². The molecule has 1 aliphatic rings. The van der Waals surface area contributed by atoms with Crippen LogP contribution in [0, 0.1) is 0 Å². The first-order valence-corrected chi connectivity index (χ1v) is 9.08. The predicted octanol–water partition coefficient (Wildman–Crippen LogP) is 3.58. The van der Waals surface area contributed by atoms with Crippen molar-refractivity contribution in [2.24, 2.45) is 0 Å². The smallest absolute Gasteiger partial charge is 0.260 e. The molecule has 138 valence electrons. The Hall–Kier alpha value is -2.69. The summed E-state index contributed by atoms with van der Waals surface area (Å²) in [5.74, 6) is 1.97. The molecule has 5 nitrogen and oxygen atoms in total. The number of hydrogen-bond acceptors (Lipinski definition) is 4. The van der Waals surface area contributed by atoms with E-state index in [9.17, 15) is 9.90 Å².